The highest BCUT2D eigenvalue weighted by atomic mass is 19.1. The van der Waals surface area contributed by atoms with Gasteiger partial charge < -0.3 is 0 Å². The Morgan fingerprint density at radius 1 is 1.57 bits per heavy atom. The van der Waals surface area contributed by atoms with Crippen LogP contribution in [0.1, 0.15) is 11.5 Å². The second-order valence-corrected chi connectivity index (χ2v) is 2.78. The lowest BCUT2D eigenvalue weighted by atomic mass is 9.99. The van der Waals surface area contributed by atoms with Crippen LogP contribution in [-0.4, -0.2) is 4.92 Å². The molecule has 1 atom stereocenters. The monoisotopic (exact) mass is 194 g/mol. The van der Waals surface area contributed by atoms with Gasteiger partial charge in [0.25, 0.3) is 0 Å². The Morgan fingerprint density at radius 3 is 2.71 bits per heavy atom. The van der Waals surface area contributed by atoms with E-state index in [1.54, 1.807) is 0 Å². The quantitative estimate of drug-likeness (QED) is 0.422. The Hall–Kier alpha value is -1.71. The summed E-state index contributed by atoms with van der Waals surface area (Å²) in [5, 5.41) is 10.6. The number of benzene rings is 1. The second kappa shape index (κ2) is 4.00. The van der Waals surface area contributed by atoms with Gasteiger partial charge in [0.15, 0.2) is 0 Å². The first-order valence-corrected chi connectivity index (χ1v) is 3.96. The van der Waals surface area contributed by atoms with E-state index in [-0.39, 0.29) is 5.56 Å². The first-order chi connectivity index (χ1) is 6.57. The molecule has 0 saturated carbocycles. The van der Waals surface area contributed by atoms with Gasteiger partial charge in [-0.2, -0.15) is 4.39 Å². The third-order valence-electron chi connectivity index (χ3n) is 1.88. The van der Waals surface area contributed by atoms with E-state index in [1.807, 2.05) is 0 Å². The first kappa shape index (κ1) is 10.4. The molecule has 0 aliphatic rings. The van der Waals surface area contributed by atoms with Crippen LogP contribution >= 0.6 is 0 Å². The molecule has 1 radical (unpaired) electrons. The van der Waals surface area contributed by atoms with Crippen molar-refractivity contribution in [2.45, 2.75) is 5.92 Å². The molecular formula is C10H9FNO2. The lowest BCUT2D eigenvalue weighted by Crippen LogP contribution is -2.00. The predicted octanol–water partition coefficient (Wildman–Crippen LogP) is 2.84. The second-order valence-electron chi connectivity index (χ2n) is 2.78. The van der Waals surface area contributed by atoms with E-state index >= 15 is 0 Å². The number of allylic oxidation sites excluding steroid dienone is 1. The largest absolute Gasteiger partial charge is 0.308 e. The summed E-state index contributed by atoms with van der Waals surface area (Å²) >= 11 is 0. The zero-order valence-electron chi connectivity index (χ0n) is 7.44. The Balaban J connectivity index is 3.35. The topological polar surface area (TPSA) is 43.1 Å². The maximum Gasteiger partial charge on any atom is 0.308 e. The SMILES string of the molecule is [CH2]C(C=C)c1cccc(F)c1[N+](=O)[O-]. The molecule has 0 N–H and O–H groups in total. The zero-order chi connectivity index (χ0) is 10.7. The van der Waals surface area contributed by atoms with Crippen LogP contribution in [0.4, 0.5) is 10.1 Å². The summed E-state index contributed by atoms with van der Waals surface area (Å²) in [6.45, 7) is 7.08. The molecule has 1 aromatic carbocycles. The molecule has 0 aromatic heterocycles. The van der Waals surface area contributed by atoms with Crippen LogP contribution in [0.15, 0.2) is 30.9 Å². The Bertz CT molecular complexity index is 376. The summed E-state index contributed by atoms with van der Waals surface area (Å²) in [6, 6.07) is 3.94. The highest BCUT2D eigenvalue weighted by Crippen LogP contribution is 2.28. The highest BCUT2D eigenvalue weighted by Gasteiger charge is 2.21. The molecule has 0 spiro atoms. The third kappa shape index (κ3) is 1.79. The molecule has 0 heterocycles. The molecule has 0 aliphatic carbocycles. The molecule has 4 heteroatoms. The van der Waals surface area contributed by atoms with Crippen LogP contribution in [0.5, 0.6) is 0 Å². The summed E-state index contributed by atoms with van der Waals surface area (Å²) in [6.07, 6.45) is 1.43. The summed E-state index contributed by atoms with van der Waals surface area (Å²) in [7, 11) is 0. The molecular weight excluding hydrogens is 185 g/mol. The number of hydrogen-bond acceptors (Lipinski definition) is 2. The van der Waals surface area contributed by atoms with Crippen molar-refractivity contribution in [1.29, 1.82) is 0 Å². The van der Waals surface area contributed by atoms with Gasteiger partial charge in [-0.15, -0.1) is 6.58 Å². The molecule has 1 aromatic rings. The van der Waals surface area contributed by atoms with Crippen molar-refractivity contribution >= 4 is 5.69 Å². The van der Waals surface area contributed by atoms with Gasteiger partial charge in [0.2, 0.25) is 5.82 Å². The molecule has 14 heavy (non-hydrogen) atoms. The predicted molar refractivity (Wildman–Crippen MR) is 51.3 cm³/mol. The Kier molecular flexibility index (Phi) is 2.96. The van der Waals surface area contributed by atoms with E-state index in [1.165, 1.54) is 18.2 Å². The van der Waals surface area contributed by atoms with Crippen LogP contribution in [-0.2, 0) is 0 Å². The van der Waals surface area contributed by atoms with Crippen molar-refractivity contribution in [3.63, 3.8) is 0 Å². The minimum Gasteiger partial charge on any atom is -0.258 e. The van der Waals surface area contributed by atoms with Crippen LogP contribution in [0.25, 0.3) is 0 Å². The molecule has 0 aliphatic heterocycles. The highest BCUT2D eigenvalue weighted by molar-refractivity contribution is 5.45. The fraction of sp³-hybridized carbons (Fsp3) is 0.100. The van der Waals surface area contributed by atoms with Gasteiger partial charge in [0, 0.05) is 11.5 Å². The third-order valence-corrected chi connectivity index (χ3v) is 1.88. The molecule has 3 nitrogen and oxygen atoms in total. The standard InChI is InChI=1S/C10H9FNO2/c1-3-7(2)8-5-4-6-9(11)10(8)12(13)14/h3-7H,1-2H2. The van der Waals surface area contributed by atoms with Crippen LogP contribution in [0, 0.1) is 22.9 Å². The first-order valence-electron chi connectivity index (χ1n) is 3.96. The Labute approximate surface area is 81.0 Å². The number of nitro benzene ring substituents is 1. The molecule has 0 bridgehead atoms. The van der Waals surface area contributed by atoms with Gasteiger partial charge in [-0.1, -0.05) is 18.2 Å². The molecule has 1 rings (SSSR count). The summed E-state index contributed by atoms with van der Waals surface area (Å²) in [5.74, 6) is -1.32. The van der Waals surface area contributed by atoms with E-state index in [4.69, 9.17) is 0 Å². The van der Waals surface area contributed by atoms with E-state index < -0.39 is 22.3 Å². The van der Waals surface area contributed by atoms with Crippen LogP contribution in [0.2, 0.25) is 0 Å². The summed E-state index contributed by atoms with van der Waals surface area (Å²) in [4.78, 5) is 9.82. The van der Waals surface area contributed by atoms with Crippen molar-refractivity contribution in [2.75, 3.05) is 0 Å². The van der Waals surface area contributed by atoms with Crippen molar-refractivity contribution < 1.29 is 9.31 Å². The van der Waals surface area contributed by atoms with Gasteiger partial charge >= 0.3 is 5.69 Å². The number of nitro groups is 1. The minimum absolute atomic E-state index is 0.241. The maximum atomic E-state index is 13.1. The average Bonchev–Trinajstić information content (AvgIpc) is 2.15. The normalized spacial score (nSPS) is 12.1. The van der Waals surface area contributed by atoms with Crippen molar-refractivity contribution in [3.8, 4) is 0 Å². The van der Waals surface area contributed by atoms with Gasteiger partial charge in [-0.05, 0) is 13.0 Å². The molecule has 1 unspecified atom stereocenters. The number of hydrogen-bond donors (Lipinski definition) is 0. The van der Waals surface area contributed by atoms with E-state index in [9.17, 15) is 14.5 Å². The van der Waals surface area contributed by atoms with Crippen molar-refractivity contribution in [2.24, 2.45) is 0 Å². The van der Waals surface area contributed by atoms with E-state index in [0.29, 0.717) is 0 Å². The number of para-hydroxylation sites is 1. The zero-order valence-corrected chi connectivity index (χ0v) is 7.44. The molecule has 0 saturated heterocycles. The number of halogens is 1. The number of nitrogens with zero attached hydrogens (tertiary/aromatic N) is 1. The van der Waals surface area contributed by atoms with Crippen molar-refractivity contribution in [1.82, 2.24) is 0 Å². The molecule has 0 amide bonds. The number of rotatable bonds is 3. The average molecular weight is 194 g/mol. The van der Waals surface area contributed by atoms with E-state index in [2.05, 4.69) is 13.5 Å². The Morgan fingerprint density at radius 2 is 2.21 bits per heavy atom. The van der Waals surface area contributed by atoms with E-state index in [0.717, 1.165) is 6.07 Å². The smallest absolute Gasteiger partial charge is 0.258 e. The van der Waals surface area contributed by atoms with Crippen LogP contribution < -0.4 is 0 Å². The fourth-order valence-corrected chi connectivity index (χ4v) is 1.15. The lowest BCUT2D eigenvalue weighted by Gasteiger charge is -2.06. The fourth-order valence-electron chi connectivity index (χ4n) is 1.15. The van der Waals surface area contributed by atoms with Crippen LogP contribution in [0.3, 0.4) is 0 Å². The minimum atomic E-state index is -0.844. The van der Waals surface area contributed by atoms with Gasteiger partial charge in [-0.25, -0.2) is 0 Å². The summed E-state index contributed by atoms with van der Waals surface area (Å²) in [5.41, 5.74) is -0.280. The maximum absolute atomic E-state index is 13.1. The summed E-state index contributed by atoms with van der Waals surface area (Å²) < 4.78 is 13.1. The van der Waals surface area contributed by atoms with Gasteiger partial charge in [0.1, 0.15) is 0 Å². The lowest BCUT2D eigenvalue weighted by molar-refractivity contribution is -0.388. The molecule has 73 valence electrons. The van der Waals surface area contributed by atoms with Gasteiger partial charge in [0.05, 0.1) is 4.92 Å². The van der Waals surface area contributed by atoms with Gasteiger partial charge in [-0.3, -0.25) is 10.1 Å². The van der Waals surface area contributed by atoms with Crippen molar-refractivity contribution in [3.05, 3.63) is 59.3 Å². The molecule has 0 fully saturated rings.